The second-order valence-corrected chi connectivity index (χ2v) is 4.72. The van der Waals surface area contributed by atoms with Gasteiger partial charge >= 0.3 is 0 Å². The van der Waals surface area contributed by atoms with Crippen molar-refractivity contribution in [3.8, 4) is 5.69 Å². The standard InChI is InChI=1S/C15H19N3O2/c1-12(2)20-11-8-15(19)17-13-4-6-14(7-5-13)18-10-3-9-16-18/h3-7,9-10,12H,8,11H2,1-2H3,(H,17,19). The van der Waals surface area contributed by atoms with Crippen LogP contribution in [0.5, 0.6) is 0 Å². The van der Waals surface area contributed by atoms with Gasteiger partial charge in [-0.15, -0.1) is 0 Å². The third kappa shape index (κ3) is 4.20. The third-order valence-corrected chi connectivity index (χ3v) is 2.70. The Hall–Kier alpha value is -2.14. The highest BCUT2D eigenvalue weighted by Crippen LogP contribution is 2.12. The molecule has 1 aromatic heterocycles. The number of nitrogens with one attached hydrogen (secondary N) is 1. The van der Waals surface area contributed by atoms with Crippen molar-refractivity contribution in [2.45, 2.75) is 26.4 Å². The zero-order valence-electron chi connectivity index (χ0n) is 11.7. The van der Waals surface area contributed by atoms with Crippen LogP contribution in [0.15, 0.2) is 42.7 Å². The van der Waals surface area contributed by atoms with Gasteiger partial charge in [-0.2, -0.15) is 5.10 Å². The minimum Gasteiger partial charge on any atom is -0.378 e. The lowest BCUT2D eigenvalue weighted by Gasteiger charge is -2.08. The summed E-state index contributed by atoms with van der Waals surface area (Å²) in [7, 11) is 0. The van der Waals surface area contributed by atoms with E-state index in [2.05, 4.69) is 10.4 Å². The lowest BCUT2D eigenvalue weighted by molar-refractivity contribution is -0.117. The fourth-order valence-electron chi connectivity index (χ4n) is 1.73. The van der Waals surface area contributed by atoms with Gasteiger partial charge in [0.15, 0.2) is 0 Å². The van der Waals surface area contributed by atoms with Crippen molar-refractivity contribution in [3.05, 3.63) is 42.7 Å². The van der Waals surface area contributed by atoms with Crippen molar-refractivity contribution in [3.63, 3.8) is 0 Å². The lowest BCUT2D eigenvalue weighted by Crippen LogP contribution is -2.15. The van der Waals surface area contributed by atoms with E-state index in [1.807, 2.05) is 50.4 Å². The molecule has 20 heavy (non-hydrogen) atoms. The first-order chi connectivity index (χ1) is 9.65. The summed E-state index contributed by atoms with van der Waals surface area (Å²) in [5.41, 5.74) is 1.73. The first-order valence-corrected chi connectivity index (χ1v) is 6.66. The van der Waals surface area contributed by atoms with E-state index in [0.29, 0.717) is 13.0 Å². The fraction of sp³-hybridized carbons (Fsp3) is 0.333. The van der Waals surface area contributed by atoms with Crippen LogP contribution in [0.3, 0.4) is 0 Å². The average molecular weight is 273 g/mol. The molecule has 1 N–H and O–H groups in total. The second-order valence-electron chi connectivity index (χ2n) is 4.72. The number of aromatic nitrogens is 2. The Morgan fingerprint density at radius 3 is 2.70 bits per heavy atom. The van der Waals surface area contributed by atoms with Gasteiger partial charge in [0.2, 0.25) is 5.91 Å². The van der Waals surface area contributed by atoms with Gasteiger partial charge in [0.05, 0.1) is 24.8 Å². The van der Waals surface area contributed by atoms with Gasteiger partial charge in [0.1, 0.15) is 0 Å². The van der Waals surface area contributed by atoms with E-state index < -0.39 is 0 Å². The number of benzene rings is 1. The second kappa shape index (κ2) is 6.86. The van der Waals surface area contributed by atoms with Gasteiger partial charge in [-0.3, -0.25) is 4.79 Å². The number of carbonyl (C=O) groups excluding carboxylic acids is 1. The minimum atomic E-state index is -0.0440. The van der Waals surface area contributed by atoms with Crippen molar-refractivity contribution in [2.24, 2.45) is 0 Å². The summed E-state index contributed by atoms with van der Waals surface area (Å²) < 4.78 is 7.11. The molecule has 0 aliphatic heterocycles. The molecule has 0 saturated heterocycles. The molecule has 0 bridgehead atoms. The molecule has 0 spiro atoms. The molecule has 0 aliphatic rings. The van der Waals surface area contributed by atoms with Gasteiger partial charge < -0.3 is 10.1 Å². The molecule has 0 unspecified atom stereocenters. The Balaban J connectivity index is 1.86. The van der Waals surface area contributed by atoms with Crippen molar-refractivity contribution in [1.29, 1.82) is 0 Å². The molecule has 5 nitrogen and oxygen atoms in total. The molecule has 106 valence electrons. The van der Waals surface area contributed by atoms with E-state index in [1.165, 1.54) is 0 Å². The number of anilines is 1. The molecule has 5 heteroatoms. The number of ether oxygens (including phenoxy) is 1. The van der Waals surface area contributed by atoms with Crippen LogP contribution in [0.4, 0.5) is 5.69 Å². The van der Waals surface area contributed by atoms with E-state index in [0.717, 1.165) is 11.4 Å². The minimum absolute atomic E-state index is 0.0440. The lowest BCUT2D eigenvalue weighted by atomic mass is 10.2. The topological polar surface area (TPSA) is 56.1 Å². The fourth-order valence-corrected chi connectivity index (χ4v) is 1.73. The maximum atomic E-state index is 11.7. The van der Waals surface area contributed by atoms with E-state index in [1.54, 1.807) is 10.9 Å². The van der Waals surface area contributed by atoms with Crippen molar-refractivity contribution < 1.29 is 9.53 Å². The number of nitrogens with zero attached hydrogens (tertiary/aromatic N) is 2. The van der Waals surface area contributed by atoms with Gasteiger partial charge in [-0.25, -0.2) is 4.68 Å². The van der Waals surface area contributed by atoms with Crippen LogP contribution in [-0.4, -0.2) is 28.4 Å². The summed E-state index contributed by atoms with van der Waals surface area (Å²) in [4.78, 5) is 11.7. The quantitative estimate of drug-likeness (QED) is 0.880. The summed E-state index contributed by atoms with van der Waals surface area (Å²) >= 11 is 0. The van der Waals surface area contributed by atoms with Crippen molar-refractivity contribution >= 4 is 11.6 Å². The van der Waals surface area contributed by atoms with Crippen molar-refractivity contribution in [1.82, 2.24) is 9.78 Å². The molecule has 1 heterocycles. The Kier molecular flexibility index (Phi) is 4.90. The number of hydrogen-bond acceptors (Lipinski definition) is 3. The molecule has 0 aliphatic carbocycles. The monoisotopic (exact) mass is 273 g/mol. The summed E-state index contributed by atoms with van der Waals surface area (Å²) in [5, 5.41) is 6.99. The van der Waals surface area contributed by atoms with Gasteiger partial charge in [-0.05, 0) is 44.2 Å². The summed E-state index contributed by atoms with van der Waals surface area (Å²) in [6.07, 6.45) is 4.11. The van der Waals surface area contributed by atoms with Gasteiger partial charge in [0, 0.05) is 18.1 Å². The van der Waals surface area contributed by atoms with Crippen LogP contribution in [0.2, 0.25) is 0 Å². The molecule has 1 aromatic carbocycles. The zero-order chi connectivity index (χ0) is 14.4. The smallest absolute Gasteiger partial charge is 0.226 e. The zero-order valence-corrected chi connectivity index (χ0v) is 11.7. The number of hydrogen-bond donors (Lipinski definition) is 1. The van der Waals surface area contributed by atoms with Gasteiger partial charge in [0.25, 0.3) is 0 Å². The predicted molar refractivity (Wildman–Crippen MR) is 77.9 cm³/mol. The highest BCUT2D eigenvalue weighted by Gasteiger charge is 2.04. The normalized spacial score (nSPS) is 10.8. The van der Waals surface area contributed by atoms with E-state index in [4.69, 9.17) is 4.74 Å². The van der Waals surface area contributed by atoms with Crippen LogP contribution in [0.1, 0.15) is 20.3 Å². The first-order valence-electron chi connectivity index (χ1n) is 6.66. The summed E-state index contributed by atoms with van der Waals surface area (Å²) in [6, 6.07) is 9.40. The van der Waals surface area contributed by atoms with Crippen LogP contribution < -0.4 is 5.32 Å². The van der Waals surface area contributed by atoms with Gasteiger partial charge in [-0.1, -0.05) is 0 Å². The molecule has 0 fully saturated rings. The molecule has 2 aromatic rings. The average Bonchev–Trinajstić information content (AvgIpc) is 2.93. The number of rotatable bonds is 6. The maximum absolute atomic E-state index is 11.7. The van der Waals surface area contributed by atoms with E-state index >= 15 is 0 Å². The molecule has 0 radical (unpaired) electrons. The molecular weight excluding hydrogens is 254 g/mol. The van der Waals surface area contributed by atoms with Crippen LogP contribution in [0, 0.1) is 0 Å². The Labute approximate surface area is 118 Å². The summed E-state index contributed by atoms with van der Waals surface area (Å²) in [5.74, 6) is -0.0440. The highest BCUT2D eigenvalue weighted by atomic mass is 16.5. The number of carbonyl (C=O) groups is 1. The van der Waals surface area contributed by atoms with Crippen LogP contribution in [0.25, 0.3) is 5.69 Å². The Bertz CT molecular complexity index is 533. The summed E-state index contributed by atoms with van der Waals surface area (Å²) in [6.45, 7) is 4.34. The van der Waals surface area contributed by atoms with E-state index in [-0.39, 0.29) is 12.0 Å². The molecule has 0 saturated carbocycles. The SMILES string of the molecule is CC(C)OCCC(=O)Nc1ccc(-n2cccn2)cc1. The molecular formula is C15H19N3O2. The Morgan fingerprint density at radius 1 is 1.35 bits per heavy atom. The maximum Gasteiger partial charge on any atom is 0.226 e. The first kappa shape index (κ1) is 14.3. The Morgan fingerprint density at radius 2 is 2.10 bits per heavy atom. The predicted octanol–water partition coefficient (Wildman–Crippen LogP) is 2.63. The number of amides is 1. The highest BCUT2D eigenvalue weighted by molar-refractivity contribution is 5.90. The van der Waals surface area contributed by atoms with Crippen molar-refractivity contribution in [2.75, 3.05) is 11.9 Å². The van der Waals surface area contributed by atoms with Crippen LogP contribution >= 0.6 is 0 Å². The molecule has 2 rings (SSSR count). The van der Waals surface area contributed by atoms with E-state index in [9.17, 15) is 4.79 Å². The molecule has 0 atom stereocenters. The largest absolute Gasteiger partial charge is 0.378 e. The third-order valence-electron chi connectivity index (χ3n) is 2.70. The molecule has 1 amide bonds. The van der Waals surface area contributed by atoms with Crippen LogP contribution in [-0.2, 0) is 9.53 Å².